The van der Waals surface area contributed by atoms with Crippen molar-refractivity contribution in [2.45, 2.75) is 280 Å². The van der Waals surface area contributed by atoms with Crippen LogP contribution >= 0.6 is 0 Å². The van der Waals surface area contributed by atoms with Crippen molar-refractivity contribution in [2.75, 3.05) is 99.3 Å². The van der Waals surface area contributed by atoms with E-state index in [4.69, 9.17) is 56.8 Å². The maximum atomic E-state index is 14.4. The molecule has 2 bridgehead atoms. The van der Waals surface area contributed by atoms with Gasteiger partial charge in [-0.3, -0.25) is 0 Å². The minimum Gasteiger partial charge on any atom is -0.444 e. The first kappa shape index (κ1) is 88.5. The minimum atomic E-state index is -1.22. The van der Waals surface area contributed by atoms with Crippen molar-refractivity contribution >= 4 is 36.6 Å². The van der Waals surface area contributed by atoms with E-state index in [1.165, 1.54) is 0 Å². The van der Waals surface area contributed by atoms with E-state index in [9.17, 15) is 28.8 Å². The molecule has 0 aromatic rings. The lowest BCUT2D eigenvalue weighted by atomic mass is 9.55. The molecule has 2 aliphatic rings. The van der Waals surface area contributed by atoms with Gasteiger partial charge in [0.1, 0.15) is 54.0 Å². The Morgan fingerprint density at radius 3 is 0.701 bits per heavy atom. The first-order chi connectivity index (χ1) is 43.5. The van der Waals surface area contributed by atoms with Gasteiger partial charge in [-0.25, -0.2) is 28.8 Å². The van der Waals surface area contributed by atoms with E-state index in [1.807, 2.05) is 0 Å². The van der Waals surface area contributed by atoms with Crippen LogP contribution < -0.4 is 31.9 Å². The molecule has 2 rings (SSSR count). The Labute approximate surface area is 585 Å². The van der Waals surface area contributed by atoms with Crippen molar-refractivity contribution in [3.05, 3.63) is 0 Å². The molecular weight excluding hydrogens is 1250 g/mol. The van der Waals surface area contributed by atoms with Gasteiger partial charge in [0.05, 0.1) is 39.6 Å². The lowest BCUT2D eigenvalue weighted by Gasteiger charge is -2.54. The molecule has 0 spiro atoms. The summed E-state index contributed by atoms with van der Waals surface area (Å²) in [6.45, 7) is 55.7. The van der Waals surface area contributed by atoms with E-state index < -0.39 is 124 Å². The number of carbonyl (C=O) groups is 6. The Balaban J connectivity index is 3.61. The molecule has 2 saturated heterocycles. The van der Waals surface area contributed by atoms with E-state index in [0.29, 0.717) is 12.8 Å². The first-order valence-electron chi connectivity index (χ1n) is 34.7. The third kappa shape index (κ3) is 34.5. The Morgan fingerprint density at radius 2 is 0.485 bits per heavy atom. The first-order valence-corrected chi connectivity index (χ1v) is 34.7. The Hall–Kier alpha value is -4.62. The second-order valence-electron chi connectivity index (χ2n) is 38.8. The number of nitrogens with one attached hydrogen (secondary N) is 6. The molecule has 97 heavy (non-hydrogen) atoms. The van der Waals surface area contributed by atoms with Gasteiger partial charge in [0.25, 0.3) is 0 Å². The molecule has 0 aliphatic carbocycles. The van der Waals surface area contributed by atoms with Gasteiger partial charge in [-0.1, -0.05) is 83.1 Å². The zero-order chi connectivity index (χ0) is 75.0. The normalized spacial score (nSPS) is 25.7. The lowest BCUT2D eigenvalue weighted by Crippen LogP contribution is -2.58. The molecule has 2 fully saturated rings. The second-order valence-corrected chi connectivity index (χ2v) is 38.8. The summed E-state index contributed by atoms with van der Waals surface area (Å²) >= 11 is 0. The van der Waals surface area contributed by atoms with Crippen LogP contribution in [0.5, 0.6) is 0 Å². The van der Waals surface area contributed by atoms with Crippen molar-refractivity contribution in [3.63, 3.8) is 0 Å². The molecular formula is C73H138N6O18. The number of rotatable bonds is 14. The predicted molar refractivity (Wildman–Crippen MR) is 376 cm³/mol. The van der Waals surface area contributed by atoms with E-state index in [-0.39, 0.29) is 125 Å². The average Bonchev–Trinajstić information content (AvgIpc) is 0.765. The standard InChI is InChI=1S/C73H138N6O18/c1-58(2,3)31-68(37-74-52(80)92-62(13,14)15)33-70(39-76-54(82)94-64(19,20)21)35-72(60(7,8)9,41-78-56(84)96-66(25,26)27)47-90-51-91-48-73(61(10,11)12,42-79-57(85)97-67(28,29)30)36-71(46-89-50-88-45-70,40-77-55(83)95-65(22,23)24)34-69(32-59(4,5)6,44-87-49-86-43-68)38-75-53(81)93-63(16,17)18/h31-51H2,1-30H3,(H,74,80)(H,75,81)(H,76,82)(H,77,83)(H,78,84)(H,79,85). The van der Waals surface area contributed by atoms with Gasteiger partial charge in [0, 0.05) is 71.8 Å². The Kier molecular flexibility index (Phi) is 30.9. The molecule has 0 saturated carbocycles. The summed E-state index contributed by atoms with van der Waals surface area (Å²) in [5.74, 6) is 0. The Bertz CT molecular complexity index is 2350. The van der Waals surface area contributed by atoms with Crippen molar-refractivity contribution in [3.8, 4) is 0 Å². The van der Waals surface area contributed by atoms with E-state index in [0.717, 1.165) is 0 Å². The zero-order valence-electron chi connectivity index (χ0n) is 66.2. The van der Waals surface area contributed by atoms with Gasteiger partial charge in [-0.2, -0.15) is 0 Å². The molecule has 6 atom stereocenters. The van der Waals surface area contributed by atoms with Crippen LogP contribution in [0.2, 0.25) is 0 Å². The summed E-state index contributed by atoms with van der Waals surface area (Å²) in [6, 6.07) is 0. The number of alkyl carbamates (subject to hydrolysis) is 6. The molecule has 568 valence electrons. The van der Waals surface area contributed by atoms with Crippen molar-refractivity contribution in [1.82, 2.24) is 31.9 Å². The van der Waals surface area contributed by atoms with Gasteiger partial charge in [0.2, 0.25) is 0 Å². The molecule has 24 nitrogen and oxygen atoms in total. The second kappa shape index (κ2) is 33.9. The third-order valence-electron chi connectivity index (χ3n) is 16.8. The fourth-order valence-electron chi connectivity index (χ4n) is 13.6. The van der Waals surface area contributed by atoms with Gasteiger partial charge in [0.15, 0.2) is 0 Å². The molecule has 2 heterocycles. The summed E-state index contributed by atoms with van der Waals surface area (Å²) in [7, 11) is 0. The maximum absolute atomic E-state index is 14.4. The number of hydrogen-bond donors (Lipinski definition) is 6. The summed E-state index contributed by atoms with van der Waals surface area (Å²) in [4.78, 5) is 85.2. The molecule has 2 aliphatic heterocycles. The summed E-state index contributed by atoms with van der Waals surface area (Å²) in [5.41, 5.74) is -14.4. The topological polar surface area (TPSA) is 285 Å². The molecule has 0 aromatic carbocycles. The highest BCUT2D eigenvalue weighted by molar-refractivity contribution is 5.70. The highest BCUT2D eigenvalue weighted by Gasteiger charge is 2.56. The molecule has 6 unspecified atom stereocenters. The van der Waals surface area contributed by atoms with Crippen LogP contribution in [0.15, 0.2) is 0 Å². The maximum Gasteiger partial charge on any atom is 0.407 e. The summed E-state index contributed by atoms with van der Waals surface area (Å²) in [5, 5.41) is 18.9. The van der Waals surface area contributed by atoms with E-state index >= 15 is 0 Å². The lowest BCUT2D eigenvalue weighted by molar-refractivity contribution is -0.182. The molecule has 6 N–H and O–H groups in total. The van der Waals surface area contributed by atoms with Gasteiger partial charge < -0.3 is 88.7 Å². The predicted octanol–water partition coefficient (Wildman–Crippen LogP) is 14.6. The monoisotopic (exact) mass is 1390 g/mol. The van der Waals surface area contributed by atoms with Crippen LogP contribution in [0.1, 0.15) is 246 Å². The van der Waals surface area contributed by atoms with Crippen LogP contribution in [0, 0.1) is 54.1 Å². The van der Waals surface area contributed by atoms with Crippen molar-refractivity contribution < 1.29 is 85.6 Å². The fraction of sp³-hybridized carbons (Fsp3) is 0.918. The largest absolute Gasteiger partial charge is 0.444 e. The van der Waals surface area contributed by atoms with Crippen LogP contribution in [-0.2, 0) is 56.8 Å². The SMILES string of the molecule is CC(C)(C)CC1(CNC(=O)OC(C)(C)C)COCOCC(CNC(=O)OC(C)(C)C)(CC(C)(C)C)CC2(CNC(=O)OC(C)(C)C)COCOCC(CNC(=O)OC(C)(C)C)(C1)CC(CNC(=O)OC(C)(C)C)(C(C)(C)C)COCOCC(CNC(=O)OC(C)(C)C)(C(C)(C)C)C2. The van der Waals surface area contributed by atoms with Gasteiger partial charge in [-0.15, -0.1) is 0 Å². The van der Waals surface area contributed by atoms with Crippen LogP contribution in [-0.4, -0.2) is 169 Å². The van der Waals surface area contributed by atoms with Gasteiger partial charge >= 0.3 is 36.6 Å². The highest BCUT2D eigenvalue weighted by Crippen LogP contribution is 2.55. The number of ether oxygens (including phenoxy) is 12. The third-order valence-corrected chi connectivity index (χ3v) is 16.8. The van der Waals surface area contributed by atoms with Crippen molar-refractivity contribution in [1.29, 1.82) is 0 Å². The zero-order valence-corrected chi connectivity index (χ0v) is 66.2. The number of amides is 6. The molecule has 6 amide bonds. The highest BCUT2D eigenvalue weighted by atomic mass is 16.7. The smallest absolute Gasteiger partial charge is 0.407 e. The number of fused-ring (bicyclic) bond motifs is 6. The fourth-order valence-corrected chi connectivity index (χ4v) is 13.6. The number of carbonyl (C=O) groups excluding carboxylic acids is 6. The average molecular weight is 1390 g/mol. The quantitative estimate of drug-likeness (QED) is 0.0881. The van der Waals surface area contributed by atoms with Crippen LogP contribution in [0.25, 0.3) is 0 Å². The molecule has 0 aromatic heterocycles. The summed E-state index contributed by atoms with van der Waals surface area (Å²) < 4.78 is 77.7. The van der Waals surface area contributed by atoms with Crippen LogP contribution in [0.4, 0.5) is 28.8 Å². The number of hydrogen-bond acceptors (Lipinski definition) is 18. The van der Waals surface area contributed by atoms with Crippen molar-refractivity contribution in [2.24, 2.45) is 54.1 Å². The van der Waals surface area contributed by atoms with E-state index in [1.54, 1.807) is 125 Å². The molecule has 0 radical (unpaired) electrons. The molecule has 24 heteroatoms. The van der Waals surface area contributed by atoms with E-state index in [2.05, 4.69) is 115 Å². The Morgan fingerprint density at radius 1 is 0.278 bits per heavy atom. The summed E-state index contributed by atoms with van der Waals surface area (Å²) in [6.07, 6.45) is -2.55. The minimum absolute atomic E-state index is 0.00609. The van der Waals surface area contributed by atoms with Gasteiger partial charge in [-0.05, 0) is 185 Å². The van der Waals surface area contributed by atoms with Crippen LogP contribution in [0.3, 0.4) is 0 Å².